The van der Waals surface area contributed by atoms with Crippen molar-refractivity contribution in [2.24, 2.45) is 5.73 Å². The minimum atomic E-state index is -0.292. The molecule has 18 heavy (non-hydrogen) atoms. The summed E-state index contributed by atoms with van der Waals surface area (Å²) in [7, 11) is 0. The van der Waals surface area contributed by atoms with Gasteiger partial charge in [-0.1, -0.05) is 34.1 Å². The normalized spacial score (nSPS) is 12.4. The van der Waals surface area contributed by atoms with Crippen LogP contribution in [-0.4, -0.2) is 5.75 Å². The molecule has 0 aromatic heterocycles. The van der Waals surface area contributed by atoms with Crippen molar-refractivity contribution in [2.45, 2.75) is 10.9 Å². The van der Waals surface area contributed by atoms with E-state index in [1.54, 1.807) is 23.9 Å². The smallest absolute Gasteiger partial charge is 0.128 e. The Morgan fingerprint density at radius 2 is 1.78 bits per heavy atom. The molecule has 1 atom stereocenters. The van der Waals surface area contributed by atoms with Gasteiger partial charge in [0.25, 0.3) is 0 Å². The molecule has 0 saturated carbocycles. The Labute approximate surface area is 119 Å². The molecule has 0 bridgehead atoms. The standard InChI is InChI=1S/C14H13BrFNS/c15-10-5-7-11(8-6-10)18-9-14(17)12-3-1-2-4-13(12)16/h1-8,14H,9,17H2. The molecule has 0 aliphatic heterocycles. The Morgan fingerprint density at radius 1 is 1.11 bits per heavy atom. The minimum Gasteiger partial charge on any atom is -0.323 e. The number of hydrogen-bond donors (Lipinski definition) is 1. The van der Waals surface area contributed by atoms with Gasteiger partial charge in [0.15, 0.2) is 0 Å². The lowest BCUT2D eigenvalue weighted by Gasteiger charge is -2.12. The lowest BCUT2D eigenvalue weighted by atomic mass is 10.1. The number of rotatable bonds is 4. The molecule has 2 aromatic rings. The molecule has 1 unspecified atom stereocenters. The summed E-state index contributed by atoms with van der Waals surface area (Å²) in [6.07, 6.45) is 0. The number of benzene rings is 2. The summed E-state index contributed by atoms with van der Waals surface area (Å²) in [4.78, 5) is 1.13. The molecular weight excluding hydrogens is 313 g/mol. The van der Waals surface area contributed by atoms with E-state index in [9.17, 15) is 4.39 Å². The second-order valence-corrected chi connectivity index (χ2v) is 5.90. The molecule has 0 heterocycles. The molecule has 0 spiro atoms. The first kappa shape index (κ1) is 13.6. The van der Waals surface area contributed by atoms with Gasteiger partial charge >= 0.3 is 0 Å². The van der Waals surface area contributed by atoms with Gasteiger partial charge in [0, 0.05) is 26.7 Å². The first-order valence-electron chi connectivity index (χ1n) is 5.55. The summed E-state index contributed by atoms with van der Waals surface area (Å²) >= 11 is 5.02. The maximum atomic E-state index is 13.5. The van der Waals surface area contributed by atoms with E-state index in [1.165, 1.54) is 6.07 Å². The predicted molar refractivity (Wildman–Crippen MR) is 78.2 cm³/mol. The Bertz CT molecular complexity index is 515. The zero-order chi connectivity index (χ0) is 13.0. The van der Waals surface area contributed by atoms with Crippen molar-refractivity contribution < 1.29 is 4.39 Å². The van der Waals surface area contributed by atoms with Gasteiger partial charge in [-0.3, -0.25) is 0 Å². The highest BCUT2D eigenvalue weighted by molar-refractivity contribution is 9.10. The van der Waals surface area contributed by atoms with Crippen molar-refractivity contribution in [1.82, 2.24) is 0 Å². The maximum absolute atomic E-state index is 13.5. The van der Waals surface area contributed by atoms with E-state index in [0.717, 1.165) is 9.37 Å². The van der Waals surface area contributed by atoms with Crippen LogP contribution in [0.1, 0.15) is 11.6 Å². The molecule has 2 rings (SSSR count). The number of nitrogens with two attached hydrogens (primary N) is 1. The van der Waals surface area contributed by atoms with E-state index < -0.39 is 0 Å². The van der Waals surface area contributed by atoms with Gasteiger partial charge in [0.1, 0.15) is 5.82 Å². The van der Waals surface area contributed by atoms with Gasteiger partial charge in [0.05, 0.1) is 0 Å². The third-order valence-electron chi connectivity index (χ3n) is 2.55. The van der Waals surface area contributed by atoms with Crippen molar-refractivity contribution >= 4 is 27.7 Å². The topological polar surface area (TPSA) is 26.0 Å². The van der Waals surface area contributed by atoms with E-state index in [0.29, 0.717) is 11.3 Å². The van der Waals surface area contributed by atoms with Gasteiger partial charge in [-0.2, -0.15) is 0 Å². The van der Waals surface area contributed by atoms with Gasteiger partial charge < -0.3 is 5.73 Å². The summed E-state index contributed by atoms with van der Waals surface area (Å²) in [6.45, 7) is 0. The lowest BCUT2D eigenvalue weighted by molar-refractivity contribution is 0.595. The zero-order valence-electron chi connectivity index (χ0n) is 9.64. The predicted octanol–water partition coefficient (Wildman–Crippen LogP) is 4.38. The number of thioether (sulfide) groups is 1. The highest BCUT2D eigenvalue weighted by atomic mass is 79.9. The van der Waals surface area contributed by atoms with Crippen LogP contribution in [-0.2, 0) is 0 Å². The molecule has 0 radical (unpaired) electrons. The van der Waals surface area contributed by atoms with Gasteiger partial charge in [-0.25, -0.2) is 4.39 Å². The summed E-state index contributed by atoms with van der Waals surface area (Å²) in [6, 6.07) is 14.4. The van der Waals surface area contributed by atoms with E-state index in [-0.39, 0.29) is 11.9 Å². The highest BCUT2D eigenvalue weighted by Crippen LogP contribution is 2.25. The van der Waals surface area contributed by atoms with Crippen molar-refractivity contribution in [2.75, 3.05) is 5.75 Å². The van der Waals surface area contributed by atoms with Gasteiger partial charge in [0.2, 0.25) is 0 Å². The van der Waals surface area contributed by atoms with Crippen LogP contribution in [0.5, 0.6) is 0 Å². The van der Waals surface area contributed by atoms with Crippen LogP contribution in [0.15, 0.2) is 57.9 Å². The fourth-order valence-electron chi connectivity index (χ4n) is 1.58. The SMILES string of the molecule is NC(CSc1ccc(Br)cc1)c1ccccc1F. The van der Waals surface area contributed by atoms with Crippen LogP contribution in [0.2, 0.25) is 0 Å². The second-order valence-electron chi connectivity index (χ2n) is 3.89. The quantitative estimate of drug-likeness (QED) is 0.844. The number of hydrogen-bond acceptors (Lipinski definition) is 2. The highest BCUT2D eigenvalue weighted by Gasteiger charge is 2.10. The first-order valence-corrected chi connectivity index (χ1v) is 7.33. The first-order chi connectivity index (χ1) is 8.66. The molecule has 2 N–H and O–H groups in total. The summed E-state index contributed by atoms with van der Waals surface area (Å²) in [5.74, 6) is 0.421. The summed E-state index contributed by atoms with van der Waals surface area (Å²) in [5, 5.41) is 0. The molecule has 94 valence electrons. The molecule has 4 heteroatoms. The van der Waals surface area contributed by atoms with Crippen LogP contribution in [0.3, 0.4) is 0 Å². The second kappa shape index (κ2) is 6.36. The minimum absolute atomic E-state index is 0.235. The average Bonchev–Trinajstić information content (AvgIpc) is 2.38. The van der Waals surface area contributed by atoms with Crippen LogP contribution >= 0.6 is 27.7 Å². The van der Waals surface area contributed by atoms with Crippen LogP contribution in [0.4, 0.5) is 4.39 Å². The summed E-state index contributed by atoms with van der Waals surface area (Å²) in [5.41, 5.74) is 6.57. The van der Waals surface area contributed by atoms with Crippen LogP contribution < -0.4 is 5.73 Å². The molecule has 0 fully saturated rings. The zero-order valence-corrected chi connectivity index (χ0v) is 12.0. The molecule has 0 amide bonds. The number of halogens is 2. The summed E-state index contributed by atoms with van der Waals surface area (Å²) < 4.78 is 14.6. The molecule has 0 aliphatic rings. The van der Waals surface area contributed by atoms with E-state index >= 15 is 0 Å². The molecule has 0 aliphatic carbocycles. The van der Waals surface area contributed by atoms with E-state index in [2.05, 4.69) is 15.9 Å². The van der Waals surface area contributed by atoms with Crippen molar-refractivity contribution in [3.8, 4) is 0 Å². The maximum Gasteiger partial charge on any atom is 0.128 e. The monoisotopic (exact) mass is 325 g/mol. The molecule has 1 nitrogen and oxygen atoms in total. The third-order valence-corrected chi connectivity index (χ3v) is 4.21. The Hall–Kier alpha value is -0.840. The van der Waals surface area contributed by atoms with E-state index in [1.807, 2.05) is 30.3 Å². The molecule has 0 saturated heterocycles. The molecule has 2 aromatic carbocycles. The molecular formula is C14H13BrFNS. The average molecular weight is 326 g/mol. The van der Waals surface area contributed by atoms with Crippen LogP contribution in [0, 0.1) is 5.82 Å². The largest absolute Gasteiger partial charge is 0.323 e. The van der Waals surface area contributed by atoms with Crippen LogP contribution in [0.25, 0.3) is 0 Å². The van der Waals surface area contributed by atoms with Crippen molar-refractivity contribution in [3.05, 3.63) is 64.4 Å². The fourth-order valence-corrected chi connectivity index (χ4v) is 2.73. The van der Waals surface area contributed by atoms with Crippen molar-refractivity contribution in [3.63, 3.8) is 0 Å². The fraction of sp³-hybridized carbons (Fsp3) is 0.143. The van der Waals surface area contributed by atoms with E-state index in [4.69, 9.17) is 5.73 Å². The third kappa shape index (κ3) is 3.57. The van der Waals surface area contributed by atoms with Gasteiger partial charge in [-0.15, -0.1) is 11.8 Å². The van der Waals surface area contributed by atoms with Crippen molar-refractivity contribution in [1.29, 1.82) is 0 Å². The lowest BCUT2D eigenvalue weighted by Crippen LogP contribution is -2.14. The Morgan fingerprint density at radius 3 is 2.44 bits per heavy atom. The Kier molecular flexibility index (Phi) is 4.80. The Balaban J connectivity index is 1.98. The van der Waals surface area contributed by atoms with Gasteiger partial charge in [-0.05, 0) is 30.3 Å².